The number of benzene rings is 1. The molecule has 20 heavy (non-hydrogen) atoms. The van der Waals surface area contributed by atoms with Gasteiger partial charge in [-0.05, 0) is 37.8 Å². The summed E-state index contributed by atoms with van der Waals surface area (Å²) in [5.41, 5.74) is 1.75. The van der Waals surface area contributed by atoms with Crippen LogP contribution >= 0.6 is 0 Å². The first-order valence-corrected chi connectivity index (χ1v) is 8.24. The van der Waals surface area contributed by atoms with Crippen LogP contribution in [0, 0.1) is 5.41 Å². The SMILES string of the molecule is CCCNC1CC(OCc2ccccc2)C12CCCC2. The molecule has 2 nitrogen and oxygen atoms in total. The molecule has 1 spiro atoms. The van der Waals surface area contributed by atoms with Crippen molar-refractivity contribution in [3.8, 4) is 0 Å². The van der Waals surface area contributed by atoms with Crippen molar-refractivity contribution in [1.82, 2.24) is 5.32 Å². The van der Waals surface area contributed by atoms with Gasteiger partial charge in [0.25, 0.3) is 0 Å². The third-order valence-electron chi connectivity index (χ3n) is 5.25. The monoisotopic (exact) mass is 273 g/mol. The number of nitrogens with one attached hydrogen (secondary N) is 1. The van der Waals surface area contributed by atoms with Crippen LogP contribution in [0.2, 0.25) is 0 Å². The van der Waals surface area contributed by atoms with E-state index in [4.69, 9.17) is 4.74 Å². The maximum atomic E-state index is 6.27. The summed E-state index contributed by atoms with van der Waals surface area (Å²) in [4.78, 5) is 0. The zero-order valence-electron chi connectivity index (χ0n) is 12.6. The molecule has 0 bridgehead atoms. The van der Waals surface area contributed by atoms with Gasteiger partial charge in [-0.15, -0.1) is 0 Å². The molecule has 0 aromatic heterocycles. The molecule has 2 fully saturated rings. The molecular weight excluding hydrogens is 246 g/mol. The van der Waals surface area contributed by atoms with Gasteiger partial charge in [-0.2, -0.15) is 0 Å². The smallest absolute Gasteiger partial charge is 0.0720 e. The van der Waals surface area contributed by atoms with Crippen LogP contribution in [-0.4, -0.2) is 18.7 Å². The van der Waals surface area contributed by atoms with Crippen LogP contribution in [0.4, 0.5) is 0 Å². The lowest BCUT2D eigenvalue weighted by Gasteiger charge is -2.54. The fourth-order valence-corrected chi connectivity index (χ4v) is 4.06. The fourth-order valence-electron chi connectivity index (χ4n) is 4.06. The molecule has 1 aromatic rings. The van der Waals surface area contributed by atoms with E-state index in [0.717, 1.165) is 13.2 Å². The quantitative estimate of drug-likeness (QED) is 0.848. The molecule has 3 rings (SSSR count). The van der Waals surface area contributed by atoms with Gasteiger partial charge in [0, 0.05) is 11.5 Å². The van der Waals surface area contributed by atoms with E-state index in [1.807, 2.05) is 0 Å². The van der Waals surface area contributed by atoms with Crippen LogP contribution in [-0.2, 0) is 11.3 Å². The highest BCUT2D eigenvalue weighted by molar-refractivity contribution is 5.14. The lowest BCUT2D eigenvalue weighted by molar-refractivity contribution is -0.140. The summed E-state index contributed by atoms with van der Waals surface area (Å²) in [5, 5.41) is 3.75. The molecule has 110 valence electrons. The first-order chi connectivity index (χ1) is 9.85. The van der Waals surface area contributed by atoms with Gasteiger partial charge in [-0.3, -0.25) is 0 Å². The van der Waals surface area contributed by atoms with Gasteiger partial charge in [0.2, 0.25) is 0 Å². The van der Waals surface area contributed by atoms with E-state index in [1.54, 1.807) is 0 Å². The summed E-state index contributed by atoms with van der Waals surface area (Å²) < 4.78 is 6.27. The van der Waals surface area contributed by atoms with E-state index in [-0.39, 0.29) is 0 Å². The topological polar surface area (TPSA) is 21.3 Å². The highest BCUT2D eigenvalue weighted by atomic mass is 16.5. The predicted molar refractivity (Wildman–Crippen MR) is 82.6 cm³/mol. The average molecular weight is 273 g/mol. The summed E-state index contributed by atoms with van der Waals surface area (Å²) in [7, 11) is 0. The van der Waals surface area contributed by atoms with Crippen molar-refractivity contribution >= 4 is 0 Å². The van der Waals surface area contributed by atoms with E-state index >= 15 is 0 Å². The standard InChI is InChI=1S/C18H27NO/c1-2-12-19-16-13-17(18(16)10-6-7-11-18)20-14-15-8-4-3-5-9-15/h3-5,8-9,16-17,19H,2,6-7,10-14H2,1H3. The second-order valence-corrected chi connectivity index (χ2v) is 6.47. The van der Waals surface area contributed by atoms with Crippen LogP contribution in [0.3, 0.4) is 0 Å². The third kappa shape index (κ3) is 2.64. The summed E-state index contributed by atoms with van der Waals surface area (Å²) in [6.07, 6.45) is 8.38. The van der Waals surface area contributed by atoms with Crippen molar-refractivity contribution < 1.29 is 4.74 Å². The number of rotatable bonds is 6. The van der Waals surface area contributed by atoms with Crippen molar-refractivity contribution in [2.24, 2.45) is 5.41 Å². The molecule has 0 radical (unpaired) electrons. The van der Waals surface area contributed by atoms with Gasteiger partial charge in [0.15, 0.2) is 0 Å². The molecule has 2 heteroatoms. The van der Waals surface area contributed by atoms with E-state index in [1.165, 1.54) is 44.1 Å². The molecule has 2 aliphatic rings. The zero-order valence-corrected chi connectivity index (χ0v) is 12.6. The Labute approximate surface area is 122 Å². The number of ether oxygens (including phenoxy) is 1. The maximum Gasteiger partial charge on any atom is 0.0720 e. The van der Waals surface area contributed by atoms with Crippen molar-refractivity contribution in [3.63, 3.8) is 0 Å². The Morgan fingerprint density at radius 1 is 1.20 bits per heavy atom. The van der Waals surface area contributed by atoms with E-state index in [9.17, 15) is 0 Å². The Bertz CT molecular complexity index is 411. The average Bonchev–Trinajstić information content (AvgIpc) is 2.99. The zero-order chi connectivity index (χ0) is 13.8. The molecule has 0 amide bonds. The van der Waals surface area contributed by atoms with Crippen LogP contribution in [0.5, 0.6) is 0 Å². The summed E-state index contributed by atoms with van der Waals surface area (Å²) in [6, 6.07) is 11.3. The molecule has 2 unspecified atom stereocenters. The first kappa shape index (κ1) is 14.1. The molecule has 2 aliphatic carbocycles. The highest BCUT2D eigenvalue weighted by Gasteiger charge is 2.56. The first-order valence-electron chi connectivity index (χ1n) is 8.24. The van der Waals surface area contributed by atoms with Crippen LogP contribution in [0.25, 0.3) is 0 Å². The Morgan fingerprint density at radius 2 is 1.95 bits per heavy atom. The second kappa shape index (κ2) is 6.28. The Kier molecular flexibility index (Phi) is 4.42. The number of hydrogen-bond acceptors (Lipinski definition) is 2. The highest BCUT2D eigenvalue weighted by Crippen LogP contribution is 2.54. The van der Waals surface area contributed by atoms with Crippen molar-refractivity contribution in [2.75, 3.05) is 6.54 Å². The second-order valence-electron chi connectivity index (χ2n) is 6.47. The lowest BCUT2D eigenvalue weighted by atomic mass is 9.60. The van der Waals surface area contributed by atoms with E-state index in [0.29, 0.717) is 17.6 Å². The predicted octanol–water partition coefficient (Wildman–Crippen LogP) is 3.90. The van der Waals surface area contributed by atoms with Crippen molar-refractivity contribution in [2.45, 2.75) is 64.2 Å². The van der Waals surface area contributed by atoms with Crippen LogP contribution < -0.4 is 5.32 Å². The molecule has 0 saturated heterocycles. The Hall–Kier alpha value is -0.860. The summed E-state index contributed by atoms with van der Waals surface area (Å²) >= 11 is 0. The summed E-state index contributed by atoms with van der Waals surface area (Å²) in [6.45, 7) is 4.17. The Morgan fingerprint density at radius 3 is 2.65 bits per heavy atom. The van der Waals surface area contributed by atoms with Crippen LogP contribution in [0.15, 0.2) is 30.3 Å². The largest absolute Gasteiger partial charge is 0.373 e. The van der Waals surface area contributed by atoms with Gasteiger partial charge in [-0.25, -0.2) is 0 Å². The Balaban J connectivity index is 1.57. The number of hydrogen-bond donors (Lipinski definition) is 1. The molecule has 0 aliphatic heterocycles. The van der Waals surface area contributed by atoms with Gasteiger partial charge >= 0.3 is 0 Å². The van der Waals surface area contributed by atoms with Gasteiger partial charge in [0.05, 0.1) is 12.7 Å². The fraction of sp³-hybridized carbons (Fsp3) is 0.667. The molecule has 1 aromatic carbocycles. The van der Waals surface area contributed by atoms with Crippen molar-refractivity contribution in [3.05, 3.63) is 35.9 Å². The van der Waals surface area contributed by atoms with Gasteiger partial charge in [-0.1, -0.05) is 50.1 Å². The van der Waals surface area contributed by atoms with Gasteiger partial charge in [0.1, 0.15) is 0 Å². The molecule has 2 atom stereocenters. The normalized spacial score (nSPS) is 27.6. The minimum Gasteiger partial charge on any atom is -0.373 e. The molecule has 2 saturated carbocycles. The minimum atomic E-state index is 0.448. The van der Waals surface area contributed by atoms with E-state index in [2.05, 4.69) is 42.6 Å². The van der Waals surface area contributed by atoms with E-state index < -0.39 is 0 Å². The summed E-state index contributed by atoms with van der Waals surface area (Å²) in [5.74, 6) is 0. The lowest BCUT2D eigenvalue weighted by Crippen LogP contribution is -2.62. The van der Waals surface area contributed by atoms with Crippen LogP contribution in [0.1, 0.15) is 51.0 Å². The molecule has 0 heterocycles. The third-order valence-corrected chi connectivity index (χ3v) is 5.25. The van der Waals surface area contributed by atoms with Crippen molar-refractivity contribution in [1.29, 1.82) is 0 Å². The minimum absolute atomic E-state index is 0.448. The molecule has 1 N–H and O–H groups in total. The van der Waals surface area contributed by atoms with Gasteiger partial charge < -0.3 is 10.1 Å². The molecular formula is C18H27NO. The maximum absolute atomic E-state index is 6.27.